The summed E-state index contributed by atoms with van der Waals surface area (Å²) in [4.78, 5) is 16.5. The molecule has 6 heteroatoms. The van der Waals surface area contributed by atoms with E-state index in [1.165, 1.54) is 0 Å². The number of carbonyl (C=O) groups is 1. The number of imidazole rings is 1. The number of rotatable bonds is 4. The Balaban J connectivity index is 2.49. The van der Waals surface area contributed by atoms with Crippen LogP contribution in [0.4, 0.5) is 5.69 Å². The van der Waals surface area contributed by atoms with E-state index in [1.807, 2.05) is 19.9 Å². The number of nitrogens with one attached hydrogen (secondary N) is 1. The second kappa shape index (κ2) is 5.50. The smallest absolute Gasteiger partial charge is 0.243 e. The summed E-state index contributed by atoms with van der Waals surface area (Å²) in [7, 11) is 0. The molecule has 0 bridgehead atoms. The summed E-state index contributed by atoms with van der Waals surface area (Å²) in [6.45, 7) is 5.37. The summed E-state index contributed by atoms with van der Waals surface area (Å²) in [6, 6.07) is 4.92. The molecule has 0 aliphatic heterocycles. The zero-order valence-electron chi connectivity index (χ0n) is 11.9. The first-order valence-corrected chi connectivity index (χ1v) is 6.61. The van der Waals surface area contributed by atoms with E-state index in [1.54, 1.807) is 23.6 Å². The van der Waals surface area contributed by atoms with Crippen LogP contribution in [0.15, 0.2) is 18.2 Å². The molecule has 0 saturated carbocycles. The van der Waals surface area contributed by atoms with Crippen LogP contribution in [0, 0.1) is 0 Å². The van der Waals surface area contributed by atoms with Gasteiger partial charge in [0.2, 0.25) is 5.91 Å². The molecule has 20 heavy (non-hydrogen) atoms. The molecule has 108 valence electrons. The minimum atomic E-state index is -0.451. The van der Waals surface area contributed by atoms with Crippen molar-refractivity contribution < 1.29 is 9.90 Å². The highest BCUT2D eigenvalue weighted by Crippen LogP contribution is 2.23. The van der Waals surface area contributed by atoms with Crippen molar-refractivity contribution in [2.75, 3.05) is 5.73 Å². The van der Waals surface area contributed by atoms with Crippen LogP contribution < -0.4 is 11.1 Å². The van der Waals surface area contributed by atoms with Crippen LogP contribution in [0.5, 0.6) is 0 Å². The van der Waals surface area contributed by atoms with Crippen LogP contribution in [0.3, 0.4) is 0 Å². The Bertz CT molecular complexity index is 633. The van der Waals surface area contributed by atoms with E-state index < -0.39 is 6.04 Å². The van der Waals surface area contributed by atoms with E-state index in [9.17, 15) is 9.90 Å². The van der Waals surface area contributed by atoms with Crippen LogP contribution in [-0.4, -0.2) is 26.6 Å². The molecule has 0 fully saturated rings. The first-order chi connectivity index (χ1) is 9.43. The molecule has 6 nitrogen and oxygen atoms in total. The largest absolute Gasteiger partial charge is 0.399 e. The van der Waals surface area contributed by atoms with Crippen molar-refractivity contribution in [3.8, 4) is 0 Å². The average Bonchev–Trinajstić information content (AvgIpc) is 2.74. The summed E-state index contributed by atoms with van der Waals surface area (Å²) < 4.78 is 1.74. The SMILES string of the molecule is CC(C)NC(=O)C(C)n1c(CO)nc2cc(N)ccc21. The van der Waals surface area contributed by atoms with Crippen molar-refractivity contribution in [2.24, 2.45) is 0 Å². The summed E-state index contributed by atoms with van der Waals surface area (Å²) in [6.07, 6.45) is 0. The fraction of sp³-hybridized carbons (Fsp3) is 0.429. The maximum Gasteiger partial charge on any atom is 0.243 e. The Labute approximate surface area is 117 Å². The Morgan fingerprint density at radius 1 is 1.45 bits per heavy atom. The highest BCUT2D eigenvalue weighted by Gasteiger charge is 2.21. The van der Waals surface area contributed by atoms with Gasteiger partial charge in [0.15, 0.2) is 0 Å². The Morgan fingerprint density at radius 3 is 2.75 bits per heavy atom. The van der Waals surface area contributed by atoms with Gasteiger partial charge in [-0.1, -0.05) is 0 Å². The van der Waals surface area contributed by atoms with Gasteiger partial charge < -0.3 is 20.7 Å². The Hall–Kier alpha value is -2.08. The van der Waals surface area contributed by atoms with Crippen LogP contribution in [-0.2, 0) is 11.4 Å². The molecule has 4 N–H and O–H groups in total. The zero-order valence-corrected chi connectivity index (χ0v) is 11.9. The van der Waals surface area contributed by atoms with Gasteiger partial charge in [0.05, 0.1) is 11.0 Å². The maximum atomic E-state index is 12.2. The van der Waals surface area contributed by atoms with E-state index in [4.69, 9.17) is 5.73 Å². The van der Waals surface area contributed by atoms with Crippen LogP contribution >= 0.6 is 0 Å². The third kappa shape index (κ3) is 2.60. The lowest BCUT2D eigenvalue weighted by Crippen LogP contribution is -2.36. The van der Waals surface area contributed by atoms with Gasteiger partial charge >= 0.3 is 0 Å². The highest BCUT2D eigenvalue weighted by atomic mass is 16.3. The van der Waals surface area contributed by atoms with Crippen molar-refractivity contribution >= 4 is 22.6 Å². The molecule has 1 heterocycles. The van der Waals surface area contributed by atoms with E-state index >= 15 is 0 Å². The average molecular weight is 276 g/mol. The Kier molecular flexibility index (Phi) is 3.94. The summed E-state index contributed by atoms with van der Waals surface area (Å²) in [5.41, 5.74) is 7.80. The predicted octanol–water partition coefficient (Wildman–Crippen LogP) is 1.20. The predicted molar refractivity (Wildman–Crippen MR) is 78.1 cm³/mol. The lowest BCUT2D eigenvalue weighted by Gasteiger charge is -2.18. The van der Waals surface area contributed by atoms with Crippen LogP contribution in [0.25, 0.3) is 11.0 Å². The molecule has 0 aliphatic rings. The van der Waals surface area contributed by atoms with E-state index in [0.717, 1.165) is 5.52 Å². The molecule has 0 aliphatic carbocycles. The van der Waals surface area contributed by atoms with Crippen molar-refractivity contribution in [1.82, 2.24) is 14.9 Å². The third-order valence-electron chi connectivity index (χ3n) is 3.13. The first kappa shape index (κ1) is 14.3. The van der Waals surface area contributed by atoms with Gasteiger partial charge in [0.25, 0.3) is 0 Å². The van der Waals surface area contributed by atoms with Gasteiger partial charge in [-0.15, -0.1) is 0 Å². The molecule has 1 unspecified atom stereocenters. The zero-order chi connectivity index (χ0) is 14.9. The van der Waals surface area contributed by atoms with Gasteiger partial charge in [-0.2, -0.15) is 0 Å². The molecule has 0 saturated heterocycles. The topological polar surface area (TPSA) is 93.2 Å². The second-order valence-electron chi connectivity index (χ2n) is 5.14. The number of amides is 1. The van der Waals surface area contributed by atoms with Gasteiger partial charge in [-0.05, 0) is 39.0 Å². The van der Waals surface area contributed by atoms with Crippen molar-refractivity contribution in [3.63, 3.8) is 0 Å². The van der Waals surface area contributed by atoms with Crippen molar-refractivity contribution in [2.45, 2.75) is 39.5 Å². The maximum absolute atomic E-state index is 12.2. The first-order valence-electron chi connectivity index (χ1n) is 6.61. The molecule has 1 amide bonds. The summed E-state index contributed by atoms with van der Waals surface area (Å²) >= 11 is 0. The fourth-order valence-electron chi connectivity index (χ4n) is 2.23. The highest BCUT2D eigenvalue weighted by molar-refractivity contribution is 5.85. The number of nitrogens with zero attached hydrogens (tertiary/aromatic N) is 2. The number of benzene rings is 1. The molecule has 1 aromatic heterocycles. The van der Waals surface area contributed by atoms with E-state index in [2.05, 4.69) is 10.3 Å². The molecular formula is C14H20N4O2. The third-order valence-corrected chi connectivity index (χ3v) is 3.13. The van der Waals surface area contributed by atoms with Crippen molar-refractivity contribution in [3.05, 3.63) is 24.0 Å². The number of anilines is 1. The number of nitrogen functional groups attached to an aromatic ring is 1. The van der Waals surface area contributed by atoms with Gasteiger partial charge in [0, 0.05) is 11.7 Å². The fourth-order valence-corrected chi connectivity index (χ4v) is 2.23. The van der Waals surface area contributed by atoms with Crippen LogP contribution in [0.1, 0.15) is 32.6 Å². The number of aliphatic hydroxyl groups is 1. The molecule has 1 aromatic carbocycles. The van der Waals surface area contributed by atoms with Crippen molar-refractivity contribution in [1.29, 1.82) is 0 Å². The molecule has 0 radical (unpaired) electrons. The quantitative estimate of drug-likeness (QED) is 0.731. The number of hydrogen-bond acceptors (Lipinski definition) is 4. The minimum Gasteiger partial charge on any atom is -0.399 e. The number of aromatic nitrogens is 2. The molecular weight excluding hydrogens is 256 g/mol. The lowest BCUT2D eigenvalue weighted by atomic mass is 10.2. The van der Waals surface area contributed by atoms with Crippen LogP contribution in [0.2, 0.25) is 0 Å². The number of fused-ring (bicyclic) bond motifs is 1. The molecule has 1 atom stereocenters. The molecule has 2 rings (SSSR count). The van der Waals surface area contributed by atoms with Gasteiger partial charge in [-0.25, -0.2) is 4.98 Å². The second-order valence-corrected chi connectivity index (χ2v) is 5.14. The minimum absolute atomic E-state index is 0.0629. The number of nitrogens with two attached hydrogens (primary N) is 1. The Morgan fingerprint density at radius 2 is 2.15 bits per heavy atom. The summed E-state index contributed by atoms with van der Waals surface area (Å²) in [5, 5.41) is 12.3. The monoisotopic (exact) mass is 276 g/mol. The van der Waals surface area contributed by atoms with E-state index in [0.29, 0.717) is 17.0 Å². The molecule has 2 aromatic rings. The standard InChI is InChI=1S/C14H20N4O2/c1-8(2)16-14(20)9(3)18-12-5-4-10(15)6-11(12)17-13(18)7-19/h4-6,8-9,19H,7,15H2,1-3H3,(H,16,20). The van der Waals surface area contributed by atoms with E-state index in [-0.39, 0.29) is 18.6 Å². The number of aliphatic hydroxyl groups excluding tert-OH is 1. The van der Waals surface area contributed by atoms with Gasteiger partial charge in [0.1, 0.15) is 18.5 Å². The van der Waals surface area contributed by atoms with Gasteiger partial charge in [-0.3, -0.25) is 4.79 Å². The molecule has 0 spiro atoms. The summed E-state index contributed by atoms with van der Waals surface area (Å²) in [5.74, 6) is 0.350. The normalized spacial score (nSPS) is 12.8. The number of hydrogen-bond donors (Lipinski definition) is 3. The lowest BCUT2D eigenvalue weighted by molar-refractivity contribution is -0.124. The number of carbonyl (C=O) groups excluding carboxylic acids is 1.